The van der Waals surface area contributed by atoms with Crippen LogP contribution in [0.15, 0.2) is 66.7 Å². The van der Waals surface area contributed by atoms with Crippen LogP contribution in [0.4, 0.5) is 21.5 Å². The van der Waals surface area contributed by atoms with Crippen molar-refractivity contribution >= 4 is 28.9 Å². The number of benzene rings is 3. The number of carbonyl (C=O) groups is 2. The predicted octanol–water partition coefficient (Wildman–Crippen LogP) is 3.98. The summed E-state index contributed by atoms with van der Waals surface area (Å²) >= 11 is 0. The fraction of sp³-hybridized carbons (Fsp3) is 0.130. The average molecular weight is 436 g/mol. The number of hydrogen-bond donors (Lipinski definition) is 2. The first-order valence-corrected chi connectivity index (χ1v) is 9.64. The molecule has 0 unspecified atom stereocenters. The van der Waals surface area contributed by atoms with Crippen LogP contribution in [0.5, 0.6) is 0 Å². The number of nitro benzene ring substituents is 1. The Kier molecular flexibility index (Phi) is 6.79. The van der Waals surface area contributed by atoms with E-state index in [1.54, 1.807) is 43.3 Å². The van der Waals surface area contributed by atoms with Gasteiger partial charge in [0.15, 0.2) is 0 Å². The van der Waals surface area contributed by atoms with Gasteiger partial charge in [0.2, 0.25) is 0 Å². The average Bonchev–Trinajstić information content (AvgIpc) is 2.77. The molecule has 164 valence electrons. The van der Waals surface area contributed by atoms with Crippen molar-refractivity contribution in [1.82, 2.24) is 5.32 Å². The summed E-state index contributed by atoms with van der Waals surface area (Å²) in [6, 6.07) is 16.2. The molecule has 0 bridgehead atoms. The smallest absolute Gasteiger partial charge is 0.270 e. The zero-order valence-corrected chi connectivity index (χ0v) is 17.5. The van der Waals surface area contributed by atoms with Crippen LogP contribution in [0, 0.1) is 15.9 Å². The van der Waals surface area contributed by atoms with Crippen LogP contribution < -0.4 is 15.5 Å². The molecule has 0 aliphatic rings. The minimum atomic E-state index is -0.552. The number of nitro groups is 1. The second-order valence-electron chi connectivity index (χ2n) is 7.20. The minimum Gasteiger partial charge on any atom is -0.377 e. The molecule has 0 saturated carbocycles. The molecule has 2 N–H and O–H groups in total. The van der Waals surface area contributed by atoms with Crippen molar-refractivity contribution in [3.05, 3.63) is 99.4 Å². The Hall–Kier alpha value is -4.27. The van der Waals surface area contributed by atoms with Crippen molar-refractivity contribution < 1.29 is 18.9 Å². The van der Waals surface area contributed by atoms with Gasteiger partial charge in [-0.05, 0) is 48.0 Å². The van der Waals surface area contributed by atoms with Crippen LogP contribution in [-0.4, -0.2) is 30.8 Å². The molecule has 0 radical (unpaired) electrons. The SMILES string of the molecule is CN(C)c1ccc([N+](=O)[O-])cc1C(=O)NCc1cccc(NC(=O)c2ccc(F)cc2)c1. The number of hydrogen-bond acceptors (Lipinski definition) is 5. The standard InChI is InChI=1S/C23H21FN4O4/c1-27(2)21-11-10-19(28(31)32)13-20(21)23(30)25-14-15-4-3-5-18(12-15)26-22(29)16-6-8-17(24)9-7-16/h3-13H,14H2,1-2H3,(H,25,30)(H,26,29). The van der Waals surface area contributed by atoms with Gasteiger partial charge in [-0.3, -0.25) is 19.7 Å². The molecule has 9 heteroatoms. The number of anilines is 2. The van der Waals surface area contributed by atoms with E-state index in [-0.39, 0.29) is 17.8 Å². The Bertz CT molecular complexity index is 1160. The normalized spacial score (nSPS) is 10.3. The highest BCUT2D eigenvalue weighted by atomic mass is 19.1. The lowest BCUT2D eigenvalue weighted by Gasteiger charge is -2.17. The summed E-state index contributed by atoms with van der Waals surface area (Å²) in [5.74, 6) is -1.28. The van der Waals surface area contributed by atoms with Gasteiger partial charge in [-0.1, -0.05) is 12.1 Å². The maximum atomic E-state index is 13.0. The molecule has 0 heterocycles. The summed E-state index contributed by atoms with van der Waals surface area (Å²) in [5.41, 5.74) is 2.10. The molecule has 3 aromatic carbocycles. The fourth-order valence-corrected chi connectivity index (χ4v) is 3.05. The van der Waals surface area contributed by atoms with Crippen LogP contribution >= 0.6 is 0 Å². The van der Waals surface area contributed by atoms with Crippen LogP contribution in [-0.2, 0) is 6.54 Å². The van der Waals surface area contributed by atoms with E-state index in [4.69, 9.17) is 0 Å². The van der Waals surface area contributed by atoms with E-state index in [0.717, 1.165) is 0 Å². The van der Waals surface area contributed by atoms with Crippen molar-refractivity contribution in [2.75, 3.05) is 24.3 Å². The molecular formula is C23H21FN4O4. The van der Waals surface area contributed by atoms with Gasteiger partial charge in [0.25, 0.3) is 17.5 Å². The monoisotopic (exact) mass is 436 g/mol. The molecule has 0 spiro atoms. The first-order chi connectivity index (χ1) is 15.2. The summed E-state index contributed by atoms with van der Waals surface area (Å²) in [7, 11) is 3.48. The highest BCUT2D eigenvalue weighted by molar-refractivity contribution is 6.04. The van der Waals surface area contributed by atoms with E-state index in [1.807, 2.05) is 0 Å². The molecule has 3 rings (SSSR count). The molecule has 3 aromatic rings. The first kappa shape index (κ1) is 22.4. The Morgan fingerprint density at radius 1 is 1.00 bits per heavy atom. The maximum absolute atomic E-state index is 13.0. The molecule has 8 nitrogen and oxygen atoms in total. The first-order valence-electron chi connectivity index (χ1n) is 9.64. The quantitative estimate of drug-likeness (QED) is 0.431. The second kappa shape index (κ2) is 9.69. The highest BCUT2D eigenvalue weighted by Gasteiger charge is 2.18. The summed E-state index contributed by atoms with van der Waals surface area (Å²) in [6.07, 6.45) is 0. The minimum absolute atomic E-state index is 0.147. The summed E-state index contributed by atoms with van der Waals surface area (Å²) in [4.78, 5) is 37.3. The van der Waals surface area contributed by atoms with E-state index in [0.29, 0.717) is 22.5 Å². The van der Waals surface area contributed by atoms with Crippen LogP contribution in [0.1, 0.15) is 26.3 Å². The van der Waals surface area contributed by atoms with Crippen molar-refractivity contribution in [2.24, 2.45) is 0 Å². The van der Waals surface area contributed by atoms with Crippen LogP contribution in [0.25, 0.3) is 0 Å². The molecule has 0 aliphatic carbocycles. The van der Waals surface area contributed by atoms with Gasteiger partial charge in [0, 0.05) is 49.7 Å². The Morgan fingerprint density at radius 2 is 1.72 bits per heavy atom. The van der Waals surface area contributed by atoms with Gasteiger partial charge in [-0.25, -0.2) is 4.39 Å². The van der Waals surface area contributed by atoms with Crippen molar-refractivity contribution in [3.63, 3.8) is 0 Å². The molecule has 0 aliphatic heterocycles. The third-order valence-corrected chi connectivity index (χ3v) is 4.66. The predicted molar refractivity (Wildman–Crippen MR) is 119 cm³/mol. The van der Waals surface area contributed by atoms with Crippen LogP contribution in [0.2, 0.25) is 0 Å². The summed E-state index contributed by atoms with van der Waals surface area (Å²) in [5, 5.41) is 16.6. The van der Waals surface area contributed by atoms with E-state index >= 15 is 0 Å². The molecule has 0 aromatic heterocycles. The van der Waals surface area contributed by atoms with E-state index in [1.165, 1.54) is 42.5 Å². The number of nitrogens with zero attached hydrogens (tertiary/aromatic N) is 2. The fourth-order valence-electron chi connectivity index (χ4n) is 3.05. The third kappa shape index (κ3) is 5.45. The topological polar surface area (TPSA) is 105 Å². The summed E-state index contributed by atoms with van der Waals surface area (Å²) < 4.78 is 13.0. The van der Waals surface area contributed by atoms with E-state index in [9.17, 15) is 24.1 Å². The van der Waals surface area contributed by atoms with Crippen LogP contribution in [0.3, 0.4) is 0 Å². The Balaban J connectivity index is 1.70. The van der Waals surface area contributed by atoms with Gasteiger partial charge >= 0.3 is 0 Å². The molecule has 2 amide bonds. The molecule has 0 atom stereocenters. The van der Waals surface area contributed by atoms with E-state index < -0.39 is 22.6 Å². The molecule has 0 fully saturated rings. The summed E-state index contributed by atoms with van der Waals surface area (Å²) in [6.45, 7) is 0.147. The number of amides is 2. The van der Waals surface area contributed by atoms with Gasteiger partial charge in [-0.15, -0.1) is 0 Å². The number of nitrogens with one attached hydrogen (secondary N) is 2. The Morgan fingerprint density at radius 3 is 2.38 bits per heavy atom. The Labute approximate surface area is 183 Å². The molecule has 0 saturated heterocycles. The largest absolute Gasteiger partial charge is 0.377 e. The van der Waals surface area contributed by atoms with E-state index in [2.05, 4.69) is 10.6 Å². The lowest BCUT2D eigenvalue weighted by Crippen LogP contribution is -2.25. The third-order valence-electron chi connectivity index (χ3n) is 4.66. The number of halogens is 1. The maximum Gasteiger partial charge on any atom is 0.270 e. The van der Waals surface area contributed by atoms with Gasteiger partial charge in [-0.2, -0.15) is 0 Å². The van der Waals surface area contributed by atoms with Crippen molar-refractivity contribution in [1.29, 1.82) is 0 Å². The molecule has 32 heavy (non-hydrogen) atoms. The van der Waals surface area contributed by atoms with Crippen molar-refractivity contribution in [3.8, 4) is 0 Å². The van der Waals surface area contributed by atoms with Crippen molar-refractivity contribution in [2.45, 2.75) is 6.54 Å². The lowest BCUT2D eigenvalue weighted by molar-refractivity contribution is -0.384. The second-order valence-corrected chi connectivity index (χ2v) is 7.20. The number of non-ortho nitro benzene ring substituents is 1. The lowest BCUT2D eigenvalue weighted by atomic mass is 10.1. The highest BCUT2D eigenvalue weighted by Crippen LogP contribution is 2.24. The van der Waals surface area contributed by atoms with Gasteiger partial charge < -0.3 is 15.5 Å². The van der Waals surface area contributed by atoms with Gasteiger partial charge in [0.05, 0.1) is 10.5 Å². The zero-order valence-electron chi connectivity index (χ0n) is 17.5. The number of rotatable bonds is 7. The van der Waals surface area contributed by atoms with Gasteiger partial charge in [0.1, 0.15) is 5.82 Å². The zero-order chi connectivity index (χ0) is 23.3. The number of carbonyl (C=O) groups excluding carboxylic acids is 2. The molecular weight excluding hydrogens is 415 g/mol.